The van der Waals surface area contributed by atoms with Gasteiger partial charge in [-0.25, -0.2) is 4.98 Å². The van der Waals surface area contributed by atoms with Crippen LogP contribution in [-0.2, 0) is 0 Å². The molecule has 108 valence electrons. The van der Waals surface area contributed by atoms with E-state index in [0.717, 1.165) is 17.2 Å². The zero-order chi connectivity index (χ0) is 14.7. The van der Waals surface area contributed by atoms with Crippen molar-refractivity contribution in [3.05, 3.63) is 46.4 Å². The zero-order valence-electron chi connectivity index (χ0n) is 11.9. The van der Waals surface area contributed by atoms with Crippen molar-refractivity contribution >= 4 is 17.3 Å². The number of aromatic nitrogens is 5. The molecule has 1 atom stereocenters. The first kappa shape index (κ1) is 13.7. The SMILES string of the molecule is Cc1ccc(-n2nnnc2NCC(C)c2nccs2)cc1. The van der Waals surface area contributed by atoms with Gasteiger partial charge in [0.05, 0.1) is 10.7 Å². The van der Waals surface area contributed by atoms with Crippen LogP contribution < -0.4 is 5.32 Å². The summed E-state index contributed by atoms with van der Waals surface area (Å²) in [7, 11) is 0. The first-order valence-electron chi connectivity index (χ1n) is 6.72. The van der Waals surface area contributed by atoms with Crippen LogP contribution in [0.25, 0.3) is 5.69 Å². The molecule has 0 amide bonds. The predicted molar refractivity (Wildman–Crippen MR) is 82.9 cm³/mol. The lowest BCUT2D eigenvalue weighted by molar-refractivity contribution is 0.768. The van der Waals surface area contributed by atoms with E-state index in [-0.39, 0.29) is 0 Å². The summed E-state index contributed by atoms with van der Waals surface area (Å²) in [5.74, 6) is 0.954. The summed E-state index contributed by atoms with van der Waals surface area (Å²) in [5, 5.41) is 18.2. The second kappa shape index (κ2) is 6.01. The minimum absolute atomic E-state index is 0.313. The van der Waals surface area contributed by atoms with Gasteiger partial charge in [-0.1, -0.05) is 29.7 Å². The Bertz CT molecular complexity index is 689. The Kier molecular flexibility index (Phi) is 3.92. The van der Waals surface area contributed by atoms with Gasteiger partial charge < -0.3 is 5.32 Å². The Hall–Kier alpha value is -2.28. The van der Waals surface area contributed by atoms with Crippen LogP contribution in [0.15, 0.2) is 35.8 Å². The summed E-state index contributed by atoms with van der Waals surface area (Å²) >= 11 is 1.66. The van der Waals surface area contributed by atoms with Gasteiger partial charge in [0.1, 0.15) is 0 Å². The smallest absolute Gasteiger partial charge is 0.247 e. The monoisotopic (exact) mass is 300 g/mol. The van der Waals surface area contributed by atoms with E-state index in [0.29, 0.717) is 11.9 Å². The lowest BCUT2D eigenvalue weighted by Crippen LogP contribution is -2.13. The molecule has 3 aromatic rings. The molecule has 0 radical (unpaired) electrons. The third kappa shape index (κ3) is 3.08. The third-order valence-corrected chi connectivity index (χ3v) is 4.19. The lowest BCUT2D eigenvalue weighted by atomic mass is 10.2. The first-order valence-corrected chi connectivity index (χ1v) is 7.60. The molecule has 0 fully saturated rings. The molecule has 3 rings (SSSR count). The molecule has 0 aliphatic rings. The van der Waals surface area contributed by atoms with Gasteiger partial charge in [-0.05, 0) is 29.5 Å². The highest BCUT2D eigenvalue weighted by Gasteiger charge is 2.12. The third-order valence-electron chi connectivity index (χ3n) is 3.19. The van der Waals surface area contributed by atoms with E-state index in [1.165, 1.54) is 5.56 Å². The highest BCUT2D eigenvalue weighted by molar-refractivity contribution is 7.09. The normalized spacial score (nSPS) is 12.3. The number of tetrazole rings is 1. The number of benzene rings is 1. The summed E-state index contributed by atoms with van der Waals surface area (Å²) < 4.78 is 1.70. The maximum atomic E-state index is 4.33. The van der Waals surface area contributed by atoms with Gasteiger partial charge in [0.15, 0.2) is 0 Å². The van der Waals surface area contributed by atoms with E-state index in [1.54, 1.807) is 16.0 Å². The Labute approximate surface area is 126 Å². The van der Waals surface area contributed by atoms with Crippen molar-refractivity contribution in [1.29, 1.82) is 0 Å². The maximum absolute atomic E-state index is 4.33. The fraction of sp³-hybridized carbons (Fsp3) is 0.286. The first-order chi connectivity index (χ1) is 10.2. The quantitative estimate of drug-likeness (QED) is 0.784. The van der Waals surface area contributed by atoms with Gasteiger partial charge in [-0.2, -0.15) is 4.68 Å². The molecule has 7 heteroatoms. The summed E-state index contributed by atoms with van der Waals surface area (Å²) in [6, 6.07) is 8.08. The van der Waals surface area contributed by atoms with Gasteiger partial charge in [-0.15, -0.1) is 11.3 Å². The van der Waals surface area contributed by atoms with Crippen LogP contribution >= 0.6 is 11.3 Å². The topological polar surface area (TPSA) is 68.5 Å². The minimum atomic E-state index is 0.313. The predicted octanol–water partition coefficient (Wildman–Crippen LogP) is 2.64. The molecule has 2 aromatic heterocycles. The second-order valence-electron chi connectivity index (χ2n) is 4.90. The van der Waals surface area contributed by atoms with Gasteiger partial charge in [0.2, 0.25) is 5.95 Å². The van der Waals surface area contributed by atoms with Crippen molar-refractivity contribution in [2.45, 2.75) is 19.8 Å². The summed E-state index contributed by atoms with van der Waals surface area (Å²) in [5.41, 5.74) is 2.15. The Balaban J connectivity index is 1.72. The van der Waals surface area contributed by atoms with Crippen molar-refractivity contribution in [1.82, 2.24) is 25.2 Å². The van der Waals surface area contributed by atoms with Crippen molar-refractivity contribution in [3.63, 3.8) is 0 Å². The molecular weight excluding hydrogens is 284 g/mol. The van der Waals surface area contributed by atoms with Crippen LogP contribution in [-0.4, -0.2) is 31.7 Å². The van der Waals surface area contributed by atoms with Gasteiger partial charge in [-0.3, -0.25) is 0 Å². The van der Waals surface area contributed by atoms with Crippen LogP contribution in [0.4, 0.5) is 5.95 Å². The molecule has 21 heavy (non-hydrogen) atoms. The highest BCUT2D eigenvalue weighted by atomic mass is 32.1. The van der Waals surface area contributed by atoms with Crippen molar-refractivity contribution < 1.29 is 0 Å². The highest BCUT2D eigenvalue weighted by Crippen LogP contribution is 2.18. The van der Waals surface area contributed by atoms with Crippen molar-refractivity contribution in [2.24, 2.45) is 0 Å². The van der Waals surface area contributed by atoms with Crippen molar-refractivity contribution in [3.8, 4) is 5.69 Å². The minimum Gasteiger partial charge on any atom is -0.352 e. The lowest BCUT2D eigenvalue weighted by Gasteiger charge is -2.11. The molecule has 0 spiro atoms. The maximum Gasteiger partial charge on any atom is 0.247 e. The Morgan fingerprint density at radius 2 is 2.10 bits per heavy atom. The molecule has 0 aliphatic heterocycles. The number of rotatable bonds is 5. The summed E-state index contributed by atoms with van der Waals surface area (Å²) in [6.07, 6.45) is 1.83. The molecule has 1 aromatic carbocycles. The number of thiazole rings is 1. The zero-order valence-corrected chi connectivity index (χ0v) is 12.7. The molecule has 0 saturated carbocycles. The van der Waals surface area contributed by atoms with Crippen LogP contribution in [0.5, 0.6) is 0 Å². The number of hydrogen-bond donors (Lipinski definition) is 1. The molecule has 6 nitrogen and oxygen atoms in total. The second-order valence-corrected chi connectivity index (χ2v) is 5.83. The largest absolute Gasteiger partial charge is 0.352 e. The number of aryl methyl sites for hydroxylation is 1. The molecule has 0 saturated heterocycles. The summed E-state index contributed by atoms with van der Waals surface area (Å²) in [6.45, 7) is 4.92. The number of anilines is 1. The number of nitrogens with one attached hydrogen (secondary N) is 1. The fourth-order valence-electron chi connectivity index (χ4n) is 1.97. The van der Waals surface area contributed by atoms with E-state index < -0.39 is 0 Å². The Morgan fingerprint density at radius 3 is 2.81 bits per heavy atom. The Morgan fingerprint density at radius 1 is 1.29 bits per heavy atom. The molecule has 2 heterocycles. The van der Waals surface area contributed by atoms with E-state index in [2.05, 4.69) is 39.7 Å². The van der Waals surface area contributed by atoms with Gasteiger partial charge in [0.25, 0.3) is 0 Å². The molecule has 1 N–H and O–H groups in total. The van der Waals surface area contributed by atoms with Crippen molar-refractivity contribution in [2.75, 3.05) is 11.9 Å². The average Bonchev–Trinajstić information content (AvgIpc) is 3.17. The average molecular weight is 300 g/mol. The standard InChI is InChI=1S/C14H16N6S/c1-10-3-5-12(6-4-10)20-14(17-18-19-20)16-9-11(2)13-15-7-8-21-13/h3-8,11H,9H2,1-2H3,(H,16,17,19). The fourth-order valence-corrected chi connectivity index (χ4v) is 2.67. The molecule has 0 bridgehead atoms. The van der Waals surface area contributed by atoms with E-state index >= 15 is 0 Å². The van der Waals surface area contributed by atoms with Crippen LogP contribution in [0.1, 0.15) is 23.4 Å². The molecule has 1 unspecified atom stereocenters. The van der Waals surface area contributed by atoms with Gasteiger partial charge >= 0.3 is 0 Å². The molecular formula is C14H16N6S. The van der Waals surface area contributed by atoms with Crippen LogP contribution in [0.2, 0.25) is 0 Å². The van der Waals surface area contributed by atoms with E-state index in [4.69, 9.17) is 0 Å². The number of hydrogen-bond acceptors (Lipinski definition) is 6. The molecule has 0 aliphatic carbocycles. The number of nitrogens with zero attached hydrogens (tertiary/aromatic N) is 5. The van der Waals surface area contributed by atoms with Crippen LogP contribution in [0, 0.1) is 6.92 Å². The van der Waals surface area contributed by atoms with E-state index in [1.807, 2.05) is 35.8 Å². The van der Waals surface area contributed by atoms with E-state index in [9.17, 15) is 0 Å². The van der Waals surface area contributed by atoms with Gasteiger partial charge in [0, 0.05) is 24.0 Å². The summed E-state index contributed by atoms with van der Waals surface area (Å²) in [4.78, 5) is 4.33. The van der Waals surface area contributed by atoms with Crippen LogP contribution in [0.3, 0.4) is 0 Å².